The summed E-state index contributed by atoms with van der Waals surface area (Å²) >= 11 is 0. The first-order valence-electron chi connectivity index (χ1n) is 6.21. The van der Waals surface area contributed by atoms with E-state index < -0.39 is 17.4 Å². The molecule has 0 unspecified atom stereocenters. The molecule has 0 aromatic rings. The Morgan fingerprint density at radius 1 is 1.06 bits per heavy atom. The van der Waals surface area contributed by atoms with Crippen molar-refractivity contribution in [1.82, 2.24) is 0 Å². The number of methoxy groups -OCH3 is 2. The average Bonchev–Trinajstić information content (AvgIpc) is 2.37. The van der Waals surface area contributed by atoms with Gasteiger partial charge in [-0.05, 0) is 19.3 Å². The summed E-state index contributed by atoms with van der Waals surface area (Å²) in [6.45, 7) is 1.62. The van der Waals surface area contributed by atoms with E-state index >= 15 is 0 Å². The van der Waals surface area contributed by atoms with Crippen molar-refractivity contribution >= 4 is 11.9 Å². The van der Waals surface area contributed by atoms with Crippen LogP contribution < -0.4 is 0 Å². The van der Waals surface area contributed by atoms with Crippen LogP contribution in [0.2, 0.25) is 0 Å². The molecular weight excluding hydrogens is 220 g/mol. The Hall–Kier alpha value is -1.06. The molecule has 0 atom stereocenters. The standard InChI is InChI=1S/C13H22O4/c1-13(11(14)16-2,12(15)17-3)9-10-7-5-4-6-8-10/h10H,4-9H2,1-3H3. The highest BCUT2D eigenvalue weighted by Gasteiger charge is 2.45. The van der Waals surface area contributed by atoms with Gasteiger partial charge in [-0.3, -0.25) is 9.59 Å². The summed E-state index contributed by atoms with van der Waals surface area (Å²) in [6, 6.07) is 0. The van der Waals surface area contributed by atoms with E-state index in [1.165, 1.54) is 33.5 Å². The Morgan fingerprint density at radius 3 is 1.94 bits per heavy atom. The van der Waals surface area contributed by atoms with Gasteiger partial charge >= 0.3 is 11.9 Å². The monoisotopic (exact) mass is 242 g/mol. The molecule has 1 aliphatic carbocycles. The van der Waals surface area contributed by atoms with Crippen LogP contribution in [0.25, 0.3) is 0 Å². The Morgan fingerprint density at radius 2 is 1.53 bits per heavy atom. The lowest BCUT2D eigenvalue weighted by molar-refractivity contribution is -0.169. The molecule has 0 heterocycles. The van der Waals surface area contributed by atoms with Gasteiger partial charge in [0, 0.05) is 0 Å². The van der Waals surface area contributed by atoms with Gasteiger partial charge in [0.2, 0.25) is 0 Å². The van der Waals surface area contributed by atoms with Crippen molar-refractivity contribution in [2.75, 3.05) is 14.2 Å². The molecule has 0 spiro atoms. The van der Waals surface area contributed by atoms with E-state index in [0.717, 1.165) is 12.8 Å². The summed E-state index contributed by atoms with van der Waals surface area (Å²) in [5.41, 5.74) is -1.15. The van der Waals surface area contributed by atoms with Crippen LogP contribution in [-0.2, 0) is 19.1 Å². The van der Waals surface area contributed by atoms with Crippen LogP contribution in [0.3, 0.4) is 0 Å². The van der Waals surface area contributed by atoms with Gasteiger partial charge in [0.25, 0.3) is 0 Å². The molecule has 1 aliphatic rings. The molecule has 4 heteroatoms. The molecule has 0 bridgehead atoms. The van der Waals surface area contributed by atoms with Crippen LogP contribution in [-0.4, -0.2) is 26.2 Å². The molecule has 0 radical (unpaired) electrons. The van der Waals surface area contributed by atoms with Crippen molar-refractivity contribution < 1.29 is 19.1 Å². The minimum atomic E-state index is -1.15. The van der Waals surface area contributed by atoms with Crippen LogP contribution in [0.15, 0.2) is 0 Å². The Labute approximate surface area is 103 Å². The maximum Gasteiger partial charge on any atom is 0.322 e. The van der Waals surface area contributed by atoms with Crippen molar-refractivity contribution in [3.05, 3.63) is 0 Å². The Kier molecular flexibility index (Phi) is 4.97. The maximum absolute atomic E-state index is 11.8. The van der Waals surface area contributed by atoms with Gasteiger partial charge in [0.05, 0.1) is 14.2 Å². The van der Waals surface area contributed by atoms with Crippen LogP contribution in [0.1, 0.15) is 45.4 Å². The number of carbonyl (C=O) groups is 2. The fourth-order valence-electron chi connectivity index (χ4n) is 2.67. The average molecular weight is 242 g/mol. The minimum Gasteiger partial charge on any atom is -0.468 e. The highest BCUT2D eigenvalue weighted by atomic mass is 16.5. The second-order valence-corrected chi connectivity index (χ2v) is 5.02. The van der Waals surface area contributed by atoms with Gasteiger partial charge in [-0.1, -0.05) is 32.1 Å². The molecule has 1 fully saturated rings. The maximum atomic E-state index is 11.8. The summed E-state index contributed by atoms with van der Waals surface area (Å²) in [5.74, 6) is -0.559. The summed E-state index contributed by atoms with van der Waals surface area (Å²) < 4.78 is 9.48. The van der Waals surface area contributed by atoms with Crippen molar-refractivity contribution in [2.24, 2.45) is 11.3 Å². The molecule has 4 nitrogen and oxygen atoms in total. The molecule has 0 aliphatic heterocycles. The number of rotatable bonds is 4. The summed E-state index contributed by atoms with van der Waals surface area (Å²) in [7, 11) is 2.62. The van der Waals surface area contributed by atoms with Crippen LogP contribution in [0, 0.1) is 11.3 Å². The third-order valence-electron chi connectivity index (χ3n) is 3.69. The van der Waals surface area contributed by atoms with E-state index in [4.69, 9.17) is 9.47 Å². The number of ether oxygens (including phenoxy) is 2. The zero-order valence-electron chi connectivity index (χ0n) is 11.0. The second-order valence-electron chi connectivity index (χ2n) is 5.02. The summed E-state index contributed by atoms with van der Waals surface area (Å²) in [4.78, 5) is 23.6. The van der Waals surface area contributed by atoms with Gasteiger partial charge in [0.1, 0.15) is 0 Å². The lowest BCUT2D eigenvalue weighted by Crippen LogP contribution is -2.40. The predicted octanol–water partition coefficient (Wildman–Crippen LogP) is 2.31. The molecule has 0 aromatic carbocycles. The fraction of sp³-hybridized carbons (Fsp3) is 0.846. The van der Waals surface area contributed by atoms with Crippen molar-refractivity contribution in [3.63, 3.8) is 0 Å². The lowest BCUT2D eigenvalue weighted by Gasteiger charge is -2.30. The van der Waals surface area contributed by atoms with E-state index in [-0.39, 0.29) is 0 Å². The molecule has 0 aromatic heterocycles. The number of hydrogen-bond donors (Lipinski definition) is 0. The quantitative estimate of drug-likeness (QED) is 0.560. The van der Waals surface area contributed by atoms with E-state index in [1.807, 2.05) is 0 Å². The SMILES string of the molecule is COC(=O)C(C)(CC1CCCCC1)C(=O)OC. The molecule has 0 amide bonds. The Balaban J connectivity index is 2.75. The smallest absolute Gasteiger partial charge is 0.322 e. The minimum absolute atomic E-state index is 0.423. The van der Waals surface area contributed by atoms with Crippen molar-refractivity contribution in [2.45, 2.75) is 45.4 Å². The number of hydrogen-bond acceptors (Lipinski definition) is 4. The number of carbonyl (C=O) groups excluding carboxylic acids is 2. The largest absolute Gasteiger partial charge is 0.468 e. The summed E-state index contributed by atoms with van der Waals surface area (Å²) in [5, 5.41) is 0. The van der Waals surface area contributed by atoms with Gasteiger partial charge in [0.15, 0.2) is 5.41 Å². The van der Waals surface area contributed by atoms with Crippen LogP contribution in [0.5, 0.6) is 0 Å². The molecule has 0 N–H and O–H groups in total. The third-order valence-corrected chi connectivity index (χ3v) is 3.69. The molecule has 1 rings (SSSR count). The van der Waals surface area contributed by atoms with Gasteiger partial charge in [-0.2, -0.15) is 0 Å². The number of esters is 2. The first-order chi connectivity index (χ1) is 8.04. The van der Waals surface area contributed by atoms with Gasteiger partial charge < -0.3 is 9.47 Å². The van der Waals surface area contributed by atoms with Crippen molar-refractivity contribution in [1.29, 1.82) is 0 Å². The molecule has 17 heavy (non-hydrogen) atoms. The first-order valence-corrected chi connectivity index (χ1v) is 6.21. The highest BCUT2D eigenvalue weighted by Crippen LogP contribution is 2.36. The predicted molar refractivity (Wildman–Crippen MR) is 63.3 cm³/mol. The third kappa shape index (κ3) is 3.20. The summed E-state index contributed by atoms with van der Waals surface area (Å²) in [6.07, 6.45) is 6.33. The topological polar surface area (TPSA) is 52.6 Å². The molecule has 1 saturated carbocycles. The van der Waals surface area contributed by atoms with E-state index in [1.54, 1.807) is 6.92 Å². The van der Waals surface area contributed by atoms with Gasteiger partial charge in [-0.15, -0.1) is 0 Å². The molecule has 98 valence electrons. The second kappa shape index (κ2) is 6.03. The normalized spacial score (nSPS) is 17.6. The fourth-order valence-corrected chi connectivity index (χ4v) is 2.67. The van der Waals surface area contributed by atoms with E-state index in [9.17, 15) is 9.59 Å². The Bertz CT molecular complexity index is 263. The van der Waals surface area contributed by atoms with E-state index in [2.05, 4.69) is 0 Å². The molecular formula is C13H22O4. The van der Waals surface area contributed by atoms with E-state index in [0.29, 0.717) is 12.3 Å². The van der Waals surface area contributed by atoms with Crippen LogP contribution in [0.4, 0.5) is 0 Å². The lowest BCUT2D eigenvalue weighted by atomic mass is 9.75. The first kappa shape index (κ1) is 14.0. The highest BCUT2D eigenvalue weighted by molar-refractivity contribution is 5.99. The van der Waals surface area contributed by atoms with Crippen molar-refractivity contribution in [3.8, 4) is 0 Å². The zero-order valence-corrected chi connectivity index (χ0v) is 11.0. The van der Waals surface area contributed by atoms with Gasteiger partial charge in [-0.25, -0.2) is 0 Å². The van der Waals surface area contributed by atoms with Crippen LogP contribution >= 0.6 is 0 Å². The molecule has 0 saturated heterocycles. The zero-order chi connectivity index (χ0) is 12.9.